The van der Waals surface area contributed by atoms with Gasteiger partial charge < -0.3 is 10.5 Å². The highest BCUT2D eigenvalue weighted by Gasteiger charge is 2.22. The summed E-state index contributed by atoms with van der Waals surface area (Å²) in [6.45, 7) is 0.177. The topological polar surface area (TPSA) is 47.6 Å². The first-order valence-electron chi connectivity index (χ1n) is 4.19. The lowest BCUT2D eigenvalue weighted by atomic mass is 10.1. The van der Waals surface area contributed by atoms with Crippen molar-refractivity contribution in [3.8, 4) is 0 Å². The maximum atomic E-state index is 12.9. The Balaban J connectivity index is 2.31. The third-order valence-electron chi connectivity index (χ3n) is 2.05. The van der Waals surface area contributed by atoms with Crippen LogP contribution in [-0.4, -0.2) is 12.6 Å². The molecule has 15 heavy (non-hydrogen) atoms. The molecule has 0 aromatic heterocycles. The second kappa shape index (κ2) is 3.45. The van der Waals surface area contributed by atoms with Gasteiger partial charge in [-0.05, 0) is 12.1 Å². The van der Waals surface area contributed by atoms with Gasteiger partial charge in [-0.3, -0.25) is 0 Å². The monoisotopic (exact) mass is 216 g/mol. The normalized spacial score (nSPS) is 19.9. The summed E-state index contributed by atoms with van der Waals surface area (Å²) in [5, 5.41) is 0. The Labute approximate surface area is 83.4 Å². The molecule has 1 heterocycles. The first-order valence-corrected chi connectivity index (χ1v) is 4.19. The minimum atomic E-state index is -1.49. The first-order chi connectivity index (χ1) is 7.08. The van der Waals surface area contributed by atoms with Gasteiger partial charge in [-0.25, -0.2) is 18.2 Å². The van der Waals surface area contributed by atoms with E-state index >= 15 is 0 Å². The van der Waals surface area contributed by atoms with Crippen LogP contribution in [-0.2, 0) is 4.74 Å². The average molecular weight is 216 g/mol. The Kier molecular flexibility index (Phi) is 2.26. The van der Waals surface area contributed by atoms with Crippen LogP contribution >= 0.6 is 0 Å². The van der Waals surface area contributed by atoms with Crippen LogP contribution in [0.25, 0.3) is 0 Å². The van der Waals surface area contributed by atoms with E-state index in [0.717, 1.165) is 12.1 Å². The minimum absolute atomic E-state index is 0.0369. The molecule has 0 aliphatic carbocycles. The summed E-state index contributed by atoms with van der Waals surface area (Å²) in [7, 11) is 0. The molecule has 0 amide bonds. The molecule has 2 N–H and O–H groups in total. The number of aliphatic imine (C=N–C) groups is 1. The fraction of sp³-hybridized carbons (Fsp3) is 0.222. The second-order valence-corrected chi connectivity index (χ2v) is 3.08. The van der Waals surface area contributed by atoms with E-state index in [1.807, 2.05) is 0 Å². The van der Waals surface area contributed by atoms with Gasteiger partial charge in [0.15, 0.2) is 17.5 Å². The molecule has 0 radical (unpaired) electrons. The van der Waals surface area contributed by atoms with E-state index in [1.165, 1.54) is 0 Å². The SMILES string of the molecule is NC1=NCC(c2cc(F)c(F)c(F)c2)O1. The molecule has 3 nitrogen and oxygen atoms in total. The summed E-state index contributed by atoms with van der Waals surface area (Å²) >= 11 is 0. The first kappa shape index (κ1) is 9.82. The molecular weight excluding hydrogens is 209 g/mol. The van der Waals surface area contributed by atoms with Crippen LogP contribution in [0.4, 0.5) is 13.2 Å². The Hall–Kier alpha value is -1.72. The maximum Gasteiger partial charge on any atom is 0.282 e. The fourth-order valence-corrected chi connectivity index (χ4v) is 1.33. The molecular formula is C9H7F3N2O. The molecule has 1 aliphatic heterocycles. The van der Waals surface area contributed by atoms with Crippen molar-refractivity contribution >= 4 is 6.02 Å². The molecule has 0 saturated heterocycles. The molecule has 2 rings (SSSR count). The van der Waals surface area contributed by atoms with Crippen molar-refractivity contribution in [2.24, 2.45) is 10.7 Å². The minimum Gasteiger partial charge on any atom is -0.455 e. The maximum absolute atomic E-state index is 12.9. The molecule has 0 bridgehead atoms. The van der Waals surface area contributed by atoms with Gasteiger partial charge in [0, 0.05) is 5.56 Å². The number of hydrogen-bond donors (Lipinski definition) is 1. The summed E-state index contributed by atoms with van der Waals surface area (Å²) in [6, 6.07) is 1.71. The lowest BCUT2D eigenvalue weighted by Gasteiger charge is -2.10. The Morgan fingerprint density at radius 2 is 1.87 bits per heavy atom. The van der Waals surface area contributed by atoms with Crippen LogP contribution in [0.5, 0.6) is 0 Å². The zero-order valence-corrected chi connectivity index (χ0v) is 7.51. The van der Waals surface area contributed by atoms with Crippen LogP contribution in [0.3, 0.4) is 0 Å². The van der Waals surface area contributed by atoms with E-state index in [4.69, 9.17) is 10.5 Å². The Bertz CT molecular complexity index is 410. The second-order valence-electron chi connectivity index (χ2n) is 3.08. The van der Waals surface area contributed by atoms with Gasteiger partial charge in [0.2, 0.25) is 0 Å². The van der Waals surface area contributed by atoms with Crippen LogP contribution in [0.15, 0.2) is 17.1 Å². The number of amidine groups is 1. The van der Waals surface area contributed by atoms with E-state index in [0.29, 0.717) is 0 Å². The van der Waals surface area contributed by atoms with Gasteiger partial charge >= 0.3 is 0 Å². The van der Waals surface area contributed by atoms with E-state index in [1.54, 1.807) is 0 Å². The quantitative estimate of drug-likeness (QED) is 0.723. The lowest BCUT2D eigenvalue weighted by molar-refractivity contribution is 0.224. The number of ether oxygens (including phenoxy) is 1. The third-order valence-corrected chi connectivity index (χ3v) is 2.05. The van der Waals surface area contributed by atoms with Crippen LogP contribution in [0.1, 0.15) is 11.7 Å². The van der Waals surface area contributed by atoms with Gasteiger partial charge in [-0.15, -0.1) is 0 Å². The standard InChI is InChI=1S/C9H7F3N2O/c10-5-1-4(2-6(11)8(5)12)7-3-14-9(13)15-7/h1-2,7H,3H2,(H2,13,14). The number of nitrogens with zero attached hydrogens (tertiary/aromatic N) is 1. The highest BCUT2D eigenvalue weighted by molar-refractivity contribution is 5.73. The molecule has 1 aliphatic rings. The highest BCUT2D eigenvalue weighted by atomic mass is 19.2. The summed E-state index contributed by atoms with van der Waals surface area (Å²) < 4.78 is 43.3. The molecule has 0 spiro atoms. The fourth-order valence-electron chi connectivity index (χ4n) is 1.33. The van der Waals surface area contributed by atoms with Gasteiger partial charge in [-0.2, -0.15) is 0 Å². The number of nitrogens with two attached hydrogens (primary N) is 1. The van der Waals surface area contributed by atoms with Crippen molar-refractivity contribution in [1.29, 1.82) is 0 Å². The molecule has 1 aromatic carbocycles. The molecule has 80 valence electrons. The predicted octanol–water partition coefficient (Wildman–Crippen LogP) is 1.49. The average Bonchev–Trinajstić information content (AvgIpc) is 2.60. The summed E-state index contributed by atoms with van der Waals surface area (Å²) in [6.07, 6.45) is -0.644. The Morgan fingerprint density at radius 1 is 1.27 bits per heavy atom. The third kappa shape index (κ3) is 1.74. The van der Waals surface area contributed by atoms with Gasteiger partial charge in [0.1, 0.15) is 6.10 Å². The molecule has 6 heteroatoms. The van der Waals surface area contributed by atoms with E-state index in [2.05, 4.69) is 4.99 Å². The molecule has 0 fully saturated rings. The van der Waals surface area contributed by atoms with Crippen molar-refractivity contribution in [3.05, 3.63) is 35.1 Å². The van der Waals surface area contributed by atoms with Crippen LogP contribution < -0.4 is 5.73 Å². The van der Waals surface area contributed by atoms with Crippen molar-refractivity contribution in [2.45, 2.75) is 6.10 Å². The molecule has 1 unspecified atom stereocenters. The number of halogens is 3. The van der Waals surface area contributed by atoms with Gasteiger partial charge in [-0.1, -0.05) is 0 Å². The summed E-state index contributed by atoms with van der Waals surface area (Å²) in [5.41, 5.74) is 5.41. The van der Waals surface area contributed by atoms with Crippen molar-refractivity contribution in [1.82, 2.24) is 0 Å². The summed E-state index contributed by atoms with van der Waals surface area (Å²) in [5.74, 6) is -4.00. The number of rotatable bonds is 1. The van der Waals surface area contributed by atoms with Gasteiger partial charge in [0.25, 0.3) is 6.02 Å². The van der Waals surface area contributed by atoms with Crippen molar-refractivity contribution in [3.63, 3.8) is 0 Å². The zero-order valence-electron chi connectivity index (χ0n) is 7.51. The molecule has 1 aromatic rings. The van der Waals surface area contributed by atoms with E-state index in [-0.39, 0.29) is 18.1 Å². The zero-order chi connectivity index (χ0) is 11.0. The number of hydrogen-bond acceptors (Lipinski definition) is 3. The van der Waals surface area contributed by atoms with E-state index in [9.17, 15) is 13.2 Å². The highest BCUT2D eigenvalue weighted by Crippen LogP contribution is 2.24. The van der Waals surface area contributed by atoms with Gasteiger partial charge in [0.05, 0.1) is 6.54 Å². The van der Waals surface area contributed by atoms with Crippen molar-refractivity contribution in [2.75, 3.05) is 6.54 Å². The van der Waals surface area contributed by atoms with Crippen molar-refractivity contribution < 1.29 is 17.9 Å². The molecule has 0 saturated carbocycles. The largest absolute Gasteiger partial charge is 0.455 e. The van der Waals surface area contributed by atoms with Crippen LogP contribution in [0.2, 0.25) is 0 Å². The Morgan fingerprint density at radius 3 is 2.33 bits per heavy atom. The lowest BCUT2D eigenvalue weighted by Crippen LogP contribution is -2.13. The van der Waals surface area contributed by atoms with E-state index < -0.39 is 23.6 Å². The molecule has 1 atom stereocenters. The number of benzene rings is 1. The van der Waals surface area contributed by atoms with Crippen LogP contribution in [0, 0.1) is 17.5 Å². The predicted molar refractivity (Wildman–Crippen MR) is 46.6 cm³/mol. The summed E-state index contributed by atoms with van der Waals surface area (Å²) in [4.78, 5) is 3.71. The smallest absolute Gasteiger partial charge is 0.282 e.